The average Bonchev–Trinajstić information content (AvgIpc) is 2.35. The van der Waals surface area contributed by atoms with E-state index >= 15 is 0 Å². The van der Waals surface area contributed by atoms with Crippen molar-refractivity contribution in [2.45, 2.75) is 27.2 Å². The van der Waals surface area contributed by atoms with E-state index in [0.29, 0.717) is 19.6 Å². The molecule has 1 N–H and O–H groups in total. The molecule has 1 unspecified atom stereocenters. The maximum absolute atomic E-state index is 12.1. The molecule has 18 heavy (non-hydrogen) atoms. The molecule has 2 amide bonds. The number of carboxylic acids is 1. The van der Waals surface area contributed by atoms with Crippen LogP contribution >= 0.6 is 0 Å². The molecular formula is C12H21N3O3. The third-order valence-electron chi connectivity index (χ3n) is 2.71. The van der Waals surface area contributed by atoms with Gasteiger partial charge in [0, 0.05) is 26.2 Å². The number of amides is 2. The third kappa shape index (κ3) is 5.04. The lowest BCUT2D eigenvalue weighted by Gasteiger charge is -2.29. The van der Waals surface area contributed by atoms with Crippen LogP contribution in [0, 0.1) is 17.2 Å². The molecule has 1 atom stereocenters. The van der Waals surface area contributed by atoms with Crippen LogP contribution in [0.1, 0.15) is 27.2 Å². The van der Waals surface area contributed by atoms with Crippen LogP contribution in [-0.2, 0) is 4.79 Å². The van der Waals surface area contributed by atoms with Gasteiger partial charge in [-0.2, -0.15) is 5.26 Å². The smallest absolute Gasteiger partial charge is 0.320 e. The van der Waals surface area contributed by atoms with Crippen LogP contribution < -0.4 is 0 Å². The highest BCUT2D eigenvalue weighted by Crippen LogP contribution is 2.05. The van der Waals surface area contributed by atoms with Gasteiger partial charge in [-0.3, -0.25) is 4.79 Å². The van der Waals surface area contributed by atoms with Gasteiger partial charge in [-0.1, -0.05) is 6.92 Å². The van der Waals surface area contributed by atoms with E-state index in [1.807, 2.05) is 19.9 Å². The predicted octanol–water partition coefficient (Wildman–Crippen LogP) is 1.38. The van der Waals surface area contributed by atoms with Crippen LogP contribution in [0.2, 0.25) is 0 Å². The number of hydrogen-bond acceptors (Lipinski definition) is 3. The summed E-state index contributed by atoms with van der Waals surface area (Å²) in [6.45, 7) is 6.76. The third-order valence-corrected chi connectivity index (χ3v) is 2.71. The lowest BCUT2D eigenvalue weighted by atomic mass is 10.2. The molecule has 0 aliphatic carbocycles. The molecule has 0 aromatic carbocycles. The zero-order chi connectivity index (χ0) is 14.1. The van der Waals surface area contributed by atoms with Crippen molar-refractivity contribution in [2.75, 3.05) is 26.2 Å². The van der Waals surface area contributed by atoms with Crippen molar-refractivity contribution in [2.24, 2.45) is 5.92 Å². The SMILES string of the molecule is CCN(CCC#N)C(=O)N(CC)CC(C)C(=O)O. The summed E-state index contributed by atoms with van der Waals surface area (Å²) in [5.74, 6) is -1.51. The van der Waals surface area contributed by atoms with E-state index in [9.17, 15) is 9.59 Å². The first-order valence-corrected chi connectivity index (χ1v) is 6.11. The van der Waals surface area contributed by atoms with Gasteiger partial charge in [0.15, 0.2) is 0 Å². The van der Waals surface area contributed by atoms with Crippen molar-refractivity contribution in [3.8, 4) is 6.07 Å². The van der Waals surface area contributed by atoms with Gasteiger partial charge in [-0.25, -0.2) is 4.79 Å². The summed E-state index contributed by atoms with van der Waals surface area (Å²) in [5.41, 5.74) is 0. The molecule has 6 heteroatoms. The topological polar surface area (TPSA) is 84.6 Å². The lowest BCUT2D eigenvalue weighted by Crippen LogP contribution is -2.45. The van der Waals surface area contributed by atoms with Gasteiger partial charge in [0.05, 0.1) is 18.4 Å². The molecule has 6 nitrogen and oxygen atoms in total. The van der Waals surface area contributed by atoms with Crippen LogP contribution in [0.25, 0.3) is 0 Å². The summed E-state index contributed by atoms with van der Waals surface area (Å²) < 4.78 is 0. The van der Waals surface area contributed by atoms with Crippen molar-refractivity contribution in [1.82, 2.24) is 9.80 Å². The highest BCUT2D eigenvalue weighted by Gasteiger charge is 2.22. The van der Waals surface area contributed by atoms with Gasteiger partial charge < -0.3 is 14.9 Å². The van der Waals surface area contributed by atoms with E-state index in [1.54, 1.807) is 11.8 Å². The van der Waals surface area contributed by atoms with Gasteiger partial charge in [0.1, 0.15) is 0 Å². The highest BCUT2D eigenvalue weighted by molar-refractivity contribution is 5.76. The van der Waals surface area contributed by atoms with Crippen molar-refractivity contribution in [3.63, 3.8) is 0 Å². The summed E-state index contributed by atoms with van der Waals surface area (Å²) in [7, 11) is 0. The monoisotopic (exact) mass is 255 g/mol. The standard InChI is InChI=1S/C12H21N3O3/c1-4-14(8-6-7-13)12(18)15(5-2)9-10(3)11(16)17/h10H,4-6,8-9H2,1-3H3,(H,16,17). The van der Waals surface area contributed by atoms with Gasteiger partial charge >= 0.3 is 12.0 Å². The average molecular weight is 255 g/mol. The molecule has 0 bridgehead atoms. The summed E-state index contributed by atoms with van der Waals surface area (Å²) in [6.07, 6.45) is 0.283. The predicted molar refractivity (Wildman–Crippen MR) is 66.9 cm³/mol. The molecule has 0 aromatic heterocycles. The maximum Gasteiger partial charge on any atom is 0.320 e. The minimum Gasteiger partial charge on any atom is -0.481 e. The number of urea groups is 1. The number of carboxylic acid groups (broad SMARTS) is 1. The van der Waals surface area contributed by atoms with Crippen molar-refractivity contribution >= 4 is 12.0 Å². The minimum atomic E-state index is -0.915. The summed E-state index contributed by atoms with van der Waals surface area (Å²) in [6, 6.07) is 1.79. The number of hydrogen-bond donors (Lipinski definition) is 1. The number of carbonyl (C=O) groups is 2. The Labute approximate surface area is 108 Å². The number of nitriles is 1. The van der Waals surface area contributed by atoms with Gasteiger partial charge in [-0.15, -0.1) is 0 Å². The summed E-state index contributed by atoms with van der Waals surface area (Å²) in [5, 5.41) is 17.4. The van der Waals surface area contributed by atoms with Crippen LogP contribution in [0.15, 0.2) is 0 Å². The van der Waals surface area contributed by atoms with Crippen LogP contribution in [-0.4, -0.2) is 53.1 Å². The Morgan fingerprint density at radius 1 is 1.28 bits per heavy atom. The fourth-order valence-electron chi connectivity index (χ4n) is 1.53. The van der Waals surface area contributed by atoms with Crippen molar-refractivity contribution in [1.29, 1.82) is 5.26 Å². The molecule has 0 aliphatic heterocycles. The number of rotatable bonds is 7. The Morgan fingerprint density at radius 3 is 2.22 bits per heavy atom. The molecule has 0 spiro atoms. The number of carbonyl (C=O) groups excluding carboxylic acids is 1. The molecule has 0 saturated heterocycles. The van der Waals surface area contributed by atoms with E-state index in [-0.39, 0.29) is 19.0 Å². The Hall–Kier alpha value is -1.77. The quantitative estimate of drug-likeness (QED) is 0.744. The molecule has 0 heterocycles. The molecule has 0 rings (SSSR count). The van der Waals surface area contributed by atoms with Crippen molar-refractivity contribution in [3.05, 3.63) is 0 Å². The lowest BCUT2D eigenvalue weighted by molar-refractivity contribution is -0.141. The normalized spacial score (nSPS) is 11.4. The van der Waals surface area contributed by atoms with Crippen LogP contribution in [0.4, 0.5) is 4.79 Å². The molecule has 0 fully saturated rings. The van der Waals surface area contributed by atoms with Gasteiger partial charge in [0.2, 0.25) is 0 Å². The van der Waals surface area contributed by atoms with Crippen molar-refractivity contribution < 1.29 is 14.7 Å². The first kappa shape index (κ1) is 16.2. The Kier molecular flexibility index (Phi) is 7.52. The zero-order valence-corrected chi connectivity index (χ0v) is 11.2. The molecule has 0 saturated carbocycles. The Balaban J connectivity index is 4.57. The van der Waals surface area contributed by atoms with E-state index in [0.717, 1.165) is 0 Å². The summed E-state index contributed by atoms with van der Waals surface area (Å²) in [4.78, 5) is 26.0. The van der Waals surface area contributed by atoms with E-state index in [2.05, 4.69) is 0 Å². The largest absolute Gasteiger partial charge is 0.481 e. The fraction of sp³-hybridized carbons (Fsp3) is 0.750. The Bertz CT molecular complexity index is 325. The first-order chi connectivity index (χ1) is 8.47. The molecule has 102 valence electrons. The van der Waals surface area contributed by atoms with Crippen LogP contribution in [0.5, 0.6) is 0 Å². The second kappa shape index (κ2) is 8.34. The number of nitrogens with zero attached hydrogens (tertiary/aromatic N) is 3. The van der Waals surface area contributed by atoms with Crippen LogP contribution in [0.3, 0.4) is 0 Å². The van der Waals surface area contributed by atoms with Gasteiger partial charge in [0.25, 0.3) is 0 Å². The Morgan fingerprint density at radius 2 is 1.83 bits per heavy atom. The van der Waals surface area contributed by atoms with E-state index < -0.39 is 11.9 Å². The molecule has 0 radical (unpaired) electrons. The zero-order valence-electron chi connectivity index (χ0n) is 11.2. The second-order valence-electron chi connectivity index (χ2n) is 4.05. The van der Waals surface area contributed by atoms with E-state index in [1.165, 1.54) is 4.90 Å². The summed E-state index contributed by atoms with van der Waals surface area (Å²) >= 11 is 0. The molecular weight excluding hydrogens is 234 g/mol. The van der Waals surface area contributed by atoms with E-state index in [4.69, 9.17) is 10.4 Å². The maximum atomic E-state index is 12.1. The first-order valence-electron chi connectivity index (χ1n) is 6.11. The second-order valence-corrected chi connectivity index (χ2v) is 4.05. The highest BCUT2D eigenvalue weighted by atomic mass is 16.4. The number of aliphatic carboxylic acids is 1. The minimum absolute atomic E-state index is 0.188. The fourth-order valence-corrected chi connectivity index (χ4v) is 1.53. The molecule has 0 aliphatic rings. The van der Waals surface area contributed by atoms with Gasteiger partial charge in [-0.05, 0) is 13.8 Å². The molecule has 0 aromatic rings.